The predicted molar refractivity (Wildman–Crippen MR) is 112 cm³/mol. The normalized spacial score (nSPS) is 11.0. The summed E-state index contributed by atoms with van der Waals surface area (Å²) in [5.74, 6) is -0.350. The Morgan fingerprint density at radius 2 is 1.82 bits per heavy atom. The van der Waals surface area contributed by atoms with Crippen LogP contribution in [-0.2, 0) is 10.0 Å². The number of aromatic nitrogens is 2. The monoisotopic (exact) mass is 414 g/mol. The first kappa shape index (κ1) is 19.7. The van der Waals surface area contributed by atoms with E-state index < -0.39 is 10.0 Å². The van der Waals surface area contributed by atoms with Crippen molar-refractivity contribution in [2.45, 2.75) is 0 Å². The van der Waals surface area contributed by atoms with Gasteiger partial charge in [0.1, 0.15) is 5.01 Å². The van der Waals surface area contributed by atoms with Crippen LogP contribution in [0.1, 0.15) is 10.4 Å². The molecule has 144 valence electrons. The lowest BCUT2D eigenvalue weighted by Crippen LogP contribution is -2.29. The van der Waals surface area contributed by atoms with Crippen LogP contribution in [0.15, 0.2) is 67.3 Å². The van der Waals surface area contributed by atoms with E-state index in [2.05, 4.69) is 22.1 Å². The molecule has 7 nitrogen and oxygen atoms in total. The number of hydrogen-bond donors (Lipinski definition) is 1. The molecule has 9 heteroatoms. The third-order valence-corrected chi connectivity index (χ3v) is 5.83. The van der Waals surface area contributed by atoms with Gasteiger partial charge in [-0.3, -0.25) is 14.4 Å². The van der Waals surface area contributed by atoms with Gasteiger partial charge in [-0.1, -0.05) is 47.7 Å². The Balaban J connectivity index is 1.73. The van der Waals surface area contributed by atoms with E-state index in [1.54, 1.807) is 24.3 Å². The highest BCUT2D eigenvalue weighted by Crippen LogP contribution is 2.26. The summed E-state index contributed by atoms with van der Waals surface area (Å²) in [6.07, 6.45) is 2.62. The van der Waals surface area contributed by atoms with Gasteiger partial charge in [0.25, 0.3) is 5.91 Å². The van der Waals surface area contributed by atoms with Crippen molar-refractivity contribution in [2.75, 3.05) is 22.4 Å². The maximum Gasteiger partial charge on any atom is 0.257 e. The zero-order valence-corrected chi connectivity index (χ0v) is 16.7. The van der Waals surface area contributed by atoms with E-state index in [-0.39, 0.29) is 12.5 Å². The lowest BCUT2D eigenvalue weighted by Gasteiger charge is -2.20. The van der Waals surface area contributed by atoms with Crippen molar-refractivity contribution in [1.82, 2.24) is 10.2 Å². The van der Waals surface area contributed by atoms with Gasteiger partial charge >= 0.3 is 0 Å². The van der Waals surface area contributed by atoms with Crippen molar-refractivity contribution in [3.63, 3.8) is 0 Å². The van der Waals surface area contributed by atoms with E-state index >= 15 is 0 Å². The molecule has 0 radical (unpaired) electrons. The van der Waals surface area contributed by atoms with Crippen LogP contribution >= 0.6 is 11.3 Å². The minimum Gasteiger partial charge on any atom is -0.296 e. The molecular formula is C19H18N4O3S2. The number of rotatable bonds is 7. The van der Waals surface area contributed by atoms with Crippen molar-refractivity contribution >= 4 is 38.1 Å². The Morgan fingerprint density at radius 3 is 2.43 bits per heavy atom. The van der Waals surface area contributed by atoms with Gasteiger partial charge in [0.05, 0.1) is 18.5 Å². The largest absolute Gasteiger partial charge is 0.296 e. The fourth-order valence-corrected chi connectivity index (χ4v) is 4.09. The van der Waals surface area contributed by atoms with E-state index in [4.69, 9.17) is 0 Å². The number of amides is 1. The van der Waals surface area contributed by atoms with Crippen LogP contribution in [0.25, 0.3) is 10.6 Å². The Labute approximate surface area is 167 Å². The molecule has 0 aliphatic carbocycles. The zero-order valence-electron chi connectivity index (χ0n) is 15.1. The predicted octanol–water partition coefficient (Wildman–Crippen LogP) is 3.41. The minimum atomic E-state index is -3.44. The Morgan fingerprint density at radius 1 is 1.14 bits per heavy atom. The minimum absolute atomic E-state index is 0.150. The first-order valence-corrected chi connectivity index (χ1v) is 10.9. The fourth-order valence-electron chi connectivity index (χ4n) is 2.47. The summed E-state index contributed by atoms with van der Waals surface area (Å²) in [6.45, 7) is 3.72. The number of anilines is 2. The van der Waals surface area contributed by atoms with Crippen molar-refractivity contribution in [3.8, 4) is 10.6 Å². The topological polar surface area (TPSA) is 92.3 Å². The van der Waals surface area contributed by atoms with Gasteiger partial charge in [0, 0.05) is 11.1 Å². The van der Waals surface area contributed by atoms with Crippen LogP contribution in [0, 0.1) is 0 Å². The SMILES string of the molecule is C=CCN(c1ccc(C(=O)Nc2nnc(-c3ccccc3)s2)cc1)S(C)(=O)=O. The highest BCUT2D eigenvalue weighted by atomic mass is 32.2. The summed E-state index contributed by atoms with van der Waals surface area (Å²) in [5.41, 5.74) is 1.77. The molecule has 0 spiro atoms. The third kappa shape index (κ3) is 4.62. The molecule has 0 fully saturated rings. The number of nitrogens with zero attached hydrogens (tertiary/aromatic N) is 3. The van der Waals surface area contributed by atoms with E-state index in [1.807, 2.05) is 30.3 Å². The molecule has 1 amide bonds. The fraction of sp³-hybridized carbons (Fsp3) is 0.105. The molecule has 0 aliphatic heterocycles. The highest BCUT2D eigenvalue weighted by Gasteiger charge is 2.17. The molecule has 3 aromatic rings. The smallest absolute Gasteiger partial charge is 0.257 e. The van der Waals surface area contributed by atoms with Crippen molar-refractivity contribution < 1.29 is 13.2 Å². The summed E-state index contributed by atoms with van der Waals surface area (Å²) in [4.78, 5) is 12.4. The second-order valence-electron chi connectivity index (χ2n) is 5.86. The molecule has 2 aromatic carbocycles. The lowest BCUT2D eigenvalue weighted by molar-refractivity contribution is 0.102. The summed E-state index contributed by atoms with van der Waals surface area (Å²) in [6, 6.07) is 15.8. The van der Waals surface area contributed by atoms with Gasteiger partial charge < -0.3 is 0 Å². The average Bonchev–Trinajstić information content (AvgIpc) is 3.14. The van der Waals surface area contributed by atoms with E-state index in [0.29, 0.717) is 21.4 Å². The van der Waals surface area contributed by atoms with Gasteiger partial charge in [0.2, 0.25) is 15.2 Å². The molecule has 3 rings (SSSR count). The number of carbonyl (C=O) groups is 1. The van der Waals surface area contributed by atoms with Crippen LogP contribution in [0.3, 0.4) is 0 Å². The van der Waals surface area contributed by atoms with Gasteiger partial charge in [-0.15, -0.1) is 16.8 Å². The molecule has 0 saturated carbocycles. The summed E-state index contributed by atoms with van der Waals surface area (Å²) in [7, 11) is -3.44. The second-order valence-corrected chi connectivity index (χ2v) is 8.75. The van der Waals surface area contributed by atoms with Gasteiger partial charge in [-0.2, -0.15) is 0 Å². The standard InChI is InChI=1S/C19H18N4O3S2/c1-3-13-23(28(2,25)26)16-11-9-14(10-12-16)17(24)20-19-22-21-18(27-19)15-7-5-4-6-8-15/h3-12H,1,13H2,2H3,(H,20,22,24). The maximum atomic E-state index is 12.4. The number of benzene rings is 2. The van der Waals surface area contributed by atoms with Crippen molar-refractivity contribution in [2.24, 2.45) is 0 Å². The Bertz CT molecular complexity index is 1080. The Kier molecular flexibility index (Phi) is 5.86. The van der Waals surface area contributed by atoms with Crippen LogP contribution in [0.2, 0.25) is 0 Å². The molecule has 0 bridgehead atoms. The number of hydrogen-bond acceptors (Lipinski definition) is 6. The van der Waals surface area contributed by atoms with Crippen molar-refractivity contribution in [3.05, 3.63) is 72.8 Å². The maximum absolute atomic E-state index is 12.4. The number of nitrogens with one attached hydrogen (secondary N) is 1. The van der Waals surface area contributed by atoms with Gasteiger partial charge in [0.15, 0.2) is 0 Å². The molecule has 28 heavy (non-hydrogen) atoms. The number of carbonyl (C=O) groups excluding carboxylic acids is 1. The average molecular weight is 415 g/mol. The number of sulfonamides is 1. The van der Waals surface area contributed by atoms with Gasteiger partial charge in [-0.05, 0) is 24.3 Å². The molecule has 0 saturated heterocycles. The molecule has 1 heterocycles. The molecule has 1 aromatic heterocycles. The summed E-state index contributed by atoms with van der Waals surface area (Å²) in [5, 5.41) is 11.9. The Hall–Kier alpha value is -3.04. The molecule has 0 atom stereocenters. The second kappa shape index (κ2) is 8.32. The molecule has 1 N–H and O–H groups in total. The summed E-state index contributed by atoms with van der Waals surface area (Å²) < 4.78 is 25.0. The van der Waals surface area contributed by atoms with E-state index in [0.717, 1.165) is 11.8 Å². The molecule has 0 unspecified atom stereocenters. The van der Waals surface area contributed by atoms with E-state index in [1.165, 1.54) is 21.7 Å². The quantitative estimate of drug-likeness (QED) is 0.598. The molecule has 0 aliphatic rings. The van der Waals surface area contributed by atoms with Crippen LogP contribution < -0.4 is 9.62 Å². The van der Waals surface area contributed by atoms with Crippen molar-refractivity contribution in [1.29, 1.82) is 0 Å². The first-order valence-electron chi connectivity index (χ1n) is 8.27. The van der Waals surface area contributed by atoms with E-state index in [9.17, 15) is 13.2 Å². The third-order valence-electron chi connectivity index (χ3n) is 3.78. The van der Waals surface area contributed by atoms with Crippen LogP contribution in [-0.4, -0.2) is 37.3 Å². The van der Waals surface area contributed by atoms with Crippen LogP contribution in [0.4, 0.5) is 10.8 Å². The van der Waals surface area contributed by atoms with Gasteiger partial charge in [-0.25, -0.2) is 8.42 Å². The van der Waals surface area contributed by atoms with Crippen LogP contribution in [0.5, 0.6) is 0 Å². The zero-order chi connectivity index (χ0) is 20.1. The highest BCUT2D eigenvalue weighted by molar-refractivity contribution is 7.92. The lowest BCUT2D eigenvalue weighted by atomic mass is 10.2. The molecular weight excluding hydrogens is 396 g/mol. The first-order chi connectivity index (χ1) is 13.4. The summed E-state index contributed by atoms with van der Waals surface area (Å²) >= 11 is 1.27.